The summed E-state index contributed by atoms with van der Waals surface area (Å²) in [6.07, 6.45) is 0. The number of non-ortho nitro benzene ring substituents is 1. The van der Waals surface area contributed by atoms with Crippen LogP contribution >= 0.6 is 0 Å². The largest absolute Gasteiger partial charge is 0.371 e. The van der Waals surface area contributed by atoms with E-state index in [9.17, 15) is 25.1 Å². The molecule has 2 aliphatic rings. The minimum absolute atomic E-state index is 0.0787. The van der Waals surface area contributed by atoms with E-state index in [1.165, 1.54) is 29.3 Å². The first-order valence-electron chi connectivity index (χ1n) is 9.17. The Kier molecular flexibility index (Phi) is 3.67. The summed E-state index contributed by atoms with van der Waals surface area (Å²) >= 11 is 0. The summed E-state index contributed by atoms with van der Waals surface area (Å²) in [4.78, 5) is 23.8. The van der Waals surface area contributed by atoms with Crippen molar-refractivity contribution in [3.63, 3.8) is 0 Å². The molecule has 0 bridgehead atoms. The van der Waals surface area contributed by atoms with Crippen LogP contribution in [-0.2, 0) is 5.72 Å². The van der Waals surface area contributed by atoms with Gasteiger partial charge in [-0.1, -0.05) is 42.5 Å². The Bertz CT molecular complexity index is 1230. The molecule has 0 saturated carbocycles. The Balaban J connectivity index is 1.76. The molecule has 2 N–H and O–H groups in total. The number of para-hydroxylation sites is 1. The summed E-state index contributed by atoms with van der Waals surface area (Å²) in [7, 11) is 0. The number of hydrogen-bond donors (Lipinski definition) is 2. The van der Waals surface area contributed by atoms with Gasteiger partial charge in [-0.25, -0.2) is 5.01 Å². The van der Waals surface area contributed by atoms with Crippen molar-refractivity contribution in [2.45, 2.75) is 11.3 Å². The van der Waals surface area contributed by atoms with Crippen LogP contribution in [0.1, 0.15) is 21.5 Å². The molecular weight excluding hydrogens is 386 g/mol. The van der Waals surface area contributed by atoms with Crippen LogP contribution in [0.15, 0.2) is 84.0 Å². The molecule has 148 valence electrons. The first-order chi connectivity index (χ1) is 14.4. The van der Waals surface area contributed by atoms with E-state index in [-0.39, 0.29) is 22.5 Å². The first kappa shape index (κ1) is 18.2. The predicted octanol–water partition coefficient (Wildman–Crippen LogP) is 2.59. The van der Waals surface area contributed by atoms with Crippen molar-refractivity contribution in [2.24, 2.45) is 5.10 Å². The second-order valence-electron chi connectivity index (χ2n) is 7.16. The lowest BCUT2D eigenvalue weighted by Crippen LogP contribution is -2.59. The zero-order chi connectivity index (χ0) is 21.1. The highest BCUT2D eigenvalue weighted by Crippen LogP contribution is 2.53. The number of rotatable bonds is 3. The molecule has 8 nitrogen and oxygen atoms in total. The van der Waals surface area contributed by atoms with E-state index in [2.05, 4.69) is 5.10 Å². The van der Waals surface area contributed by atoms with Crippen LogP contribution < -0.4 is 5.01 Å². The molecule has 0 fully saturated rings. The van der Waals surface area contributed by atoms with E-state index in [1.807, 2.05) is 0 Å². The molecule has 0 amide bonds. The predicted molar refractivity (Wildman–Crippen MR) is 108 cm³/mol. The standard InChI is InChI=1S/C22H15N3O5/c26-20-17-8-4-5-9-18(17)22(28)21(20,27)19(14-10-12-16(13-11-14)25(29)30)23-24(22)15-6-2-1-3-7-15/h1-13,27-28H/t21-,22+/m1/s1. The SMILES string of the molecule is O=C1c2ccccc2[C@@]2(O)N(c3ccccc3)N=C(c3ccc([N+](=O)[O-])cc3)[C@@]12O. The third-order valence-electron chi connectivity index (χ3n) is 5.58. The van der Waals surface area contributed by atoms with E-state index in [1.54, 1.807) is 54.6 Å². The average Bonchev–Trinajstić information content (AvgIpc) is 3.12. The number of nitro groups is 1. The Hall–Kier alpha value is -3.88. The summed E-state index contributed by atoms with van der Waals surface area (Å²) in [6.45, 7) is 0. The van der Waals surface area contributed by atoms with Crippen molar-refractivity contribution < 1.29 is 19.9 Å². The zero-order valence-corrected chi connectivity index (χ0v) is 15.5. The number of anilines is 1. The number of nitro benzene ring substituents is 1. The van der Waals surface area contributed by atoms with Gasteiger partial charge in [0.1, 0.15) is 5.71 Å². The van der Waals surface area contributed by atoms with Crippen molar-refractivity contribution in [3.05, 3.63) is 106 Å². The smallest absolute Gasteiger partial charge is 0.269 e. The molecule has 8 heteroatoms. The lowest BCUT2D eigenvalue weighted by molar-refractivity contribution is -0.384. The highest BCUT2D eigenvalue weighted by atomic mass is 16.6. The molecule has 5 rings (SSSR count). The highest BCUT2D eigenvalue weighted by molar-refractivity contribution is 6.30. The van der Waals surface area contributed by atoms with E-state index in [4.69, 9.17) is 0 Å². The molecule has 3 aromatic carbocycles. The van der Waals surface area contributed by atoms with E-state index in [0.717, 1.165) is 0 Å². The van der Waals surface area contributed by atoms with Gasteiger partial charge >= 0.3 is 0 Å². The molecule has 0 radical (unpaired) electrons. The topological polar surface area (TPSA) is 116 Å². The fraction of sp³-hybridized carbons (Fsp3) is 0.0909. The highest BCUT2D eigenvalue weighted by Gasteiger charge is 2.72. The number of Topliss-reactive ketones (excluding diaryl/α,β-unsaturated/α-hetero) is 1. The summed E-state index contributed by atoms with van der Waals surface area (Å²) in [5.74, 6) is -0.684. The van der Waals surface area contributed by atoms with Crippen molar-refractivity contribution in [2.75, 3.05) is 5.01 Å². The van der Waals surface area contributed by atoms with Gasteiger partial charge in [0, 0.05) is 28.8 Å². The van der Waals surface area contributed by atoms with Crippen LogP contribution in [0.5, 0.6) is 0 Å². The van der Waals surface area contributed by atoms with Crippen LogP contribution in [0.3, 0.4) is 0 Å². The van der Waals surface area contributed by atoms with Gasteiger partial charge in [-0.15, -0.1) is 0 Å². The molecule has 0 unspecified atom stereocenters. The number of hydrogen-bond acceptors (Lipinski definition) is 7. The number of carbonyl (C=O) groups is 1. The third-order valence-corrected chi connectivity index (χ3v) is 5.58. The van der Waals surface area contributed by atoms with Gasteiger partial charge in [-0.3, -0.25) is 14.9 Å². The van der Waals surface area contributed by atoms with Gasteiger partial charge in [-0.05, 0) is 24.3 Å². The average molecular weight is 401 g/mol. The lowest BCUT2D eigenvalue weighted by atomic mass is 9.83. The maximum Gasteiger partial charge on any atom is 0.269 e. The van der Waals surface area contributed by atoms with Crippen molar-refractivity contribution in [1.29, 1.82) is 0 Å². The van der Waals surface area contributed by atoms with Crippen molar-refractivity contribution >= 4 is 22.9 Å². The fourth-order valence-electron chi connectivity index (χ4n) is 4.14. The van der Waals surface area contributed by atoms with Crippen molar-refractivity contribution in [3.8, 4) is 0 Å². The molecule has 2 atom stereocenters. The van der Waals surface area contributed by atoms with Gasteiger partial charge < -0.3 is 10.2 Å². The molecule has 1 aliphatic heterocycles. The zero-order valence-electron chi connectivity index (χ0n) is 15.5. The van der Waals surface area contributed by atoms with Crippen LogP contribution in [-0.4, -0.2) is 32.2 Å². The molecule has 3 aromatic rings. The summed E-state index contributed by atoms with van der Waals surface area (Å²) in [5.41, 5.74) is -3.58. The van der Waals surface area contributed by atoms with E-state index in [0.29, 0.717) is 11.3 Å². The van der Waals surface area contributed by atoms with Gasteiger partial charge in [0.25, 0.3) is 5.69 Å². The second kappa shape index (κ2) is 6.06. The van der Waals surface area contributed by atoms with E-state index >= 15 is 0 Å². The van der Waals surface area contributed by atoms with Gasteiger partial charge in [0.2, 0.25) is 17.1 Å². The van der Waals surface area contributed by atoms with Crippen LogP contribution in [0.4, 0.5) is 11.4 Å². The number of fused-ring (bicyclic) bond motifs is 3. The number of benzene rings is 3. The molecule has 1 heterocycles. The van der Waals surface area contributed by atoms with Gasteiger partial charge in [0.05, 0.1) is 10.6 Å². The maximum atomic E-state index is 13.3. The van der Waals surface area contributed by atoms with Gasteiger partial charge in [-0.2, -0.15) is 5.10 Å². The van der Waals surface area contributed by atoms with Crippen LogP contribution in [0.25, 0.3) is 0 Å². The number of carbonyl (C=O) groups excluding carboxylic acids is 1. The normalized spacial score (nSPS) is 24.4. The molecule has 0 aromatic heterocycles. The number of nitrogens with zero attached hydrogens (tertiary/aromatic N) is 3. The fourth-order valence-corrected chi connectivity index (χ4v) is 4.14. The Morgan fingerprint density at radius 2 is 1.53 bits per heavy atom. The van der Waals surface area contributed by atoms with Crippen LogP contribution in [0.2, 0.25) is 0 Å². The summed E-state index contributed by atoms with van der Waals surface area (Å²) in [6, 6.07) is 20.5. The minimum Gasteiger partial charge on any atom is -0.371 e. The molecule has 30 heavy (non-hydrogen) atoms. The lowest BCUT2D eigenvalue weighted by Gasteiger charge is -2.36. The van der Waals surface area contributed by atoms with Crippen molar-refractivity contribution in [1.82, 2.24) is 0 Å². The monoisotopic (exact) mass is 401 g/mol. The van der Waals surface area contributed by atoms with Gasteiger partial charge in [0.15, 0.2) is 0 Å². The maximum absolute atomic E-state index is 13.3. The molecule has 0 spiro atoms. The number of ketones is 1. The number of hydrazone groups is 1. The molecule has 0 saturated heterocycles. The van der Waals surface area contributed by atoms with E-state index < -0.39 is 22.0 Å². The minimum atomic E-state index is -2.39. The molecule has 1 aliphatic carbocycles. The first-order valence-corrected chi connectivity index (χ1v) is 9.17. The second-order valence-corrected chi connectivity index (χ2v) is 7.16. The molecular formula is C22H15N3O5. The number of aliphatic hydroxyl groups is 2. The Morgan fingerprint density at radius 3 is 2.20 bits per heavy atom. The van der Waals surface area contributed by atoms with Crippen LogP contribution in [0, 0.1) is 10.1 Å². The Labute approximate surface area is 170 Å². The summed E-state index contributed by atoms with van der Waals surface area (Å²) < 4.78 is 0. The third kappa shape index (κ3) is 2.11. The quantitative estimate of drug-likeness (QED) is 0.515. The Morgan fingerprint density at radius 1 is 0.900 bits per heavy atom. The summed E-state index contributed by atoms with van der Waals surface area (Å²) in [5, 5.41) is 40.2.